The summed E-state index contributed by atoms with van der Waals surface area (Å²) >= 11 is 0. The van der Waals surface area contributed by atoms with Gasteiger partial charge in [0.25, 0.3) is 5.91 Å². The van der Waals surface area contributed by atoms with E-state index in [9.17, 15) is 14.4 Å². The van der Waals surface area contributed by atoms with E-state index in [-0.39, 0.29) is 12.5 Å². The Hall–Kier alpha value is -3.88. The first-order chi connectivity index (χ1) is 14.8. The van der Waals surface area contributed by atoms with E-state index in [0.717, 1.165) is 16.8 Å². The molecule has 9 heteroatoms. The molecule has 0 aliphatic heterocycles. The smallest absolute Gasteiger partial charge is 0.329 e. The van der Waals surface area contributed by atoms with E-state index in [2.05, 4.69) is 21.2 Å². The first kappa shape index (κ1) is 23.4. The zero-order valence-electron chi connectivity index (χ0n) is 17.9. The molecule has 0 bridgehead atoms. The van der Waals surface area contributed by atoms with Crippen molar-refractivity contribution in [1.82, 2.24) is 10.7 Å². The minimum atomic E-state index is -0.876. The number of rotatable bonds is 8. The maximum atomic E-state index is 12.3. The van der Waals surface area contributed by atoms with Crippen LogP contribution in [0.1, 0.15) is 23.6 Å². The number of likely N-dealkylation sites (N-methyl/N-ethyl adjacent to an activating group) is 1. The molecule has 31 heavy (non-hydrogen) atoms. The number of anilines is 1. The van der Waals surface area contributed by atoms with Gasteiger partial charge in [-0.15, -0.1) is 0 Å². The van der Waals surface area contributed by atoms with Gasteiger partial charge in [-0.25, -0.2) is 5.43 Å². The van der Waals surface area contributed by atoms with E-state index in [1.54, 1.807) is 18.2 Å². The molecular weight excluding hydrogens is 400 g/mol. The largest absolute Gasteiger partial charge is 0.490 e. The molecule has 0 spiro atoms. The van der Waals surface area contributed by atoms with Crippen LogP contribution < -0.4 is 25.5 Å². The van der Waals surface area contributed by atoms with Crippen LogP contribution in [0.25, 0.3) is 0 Å². The second-order valence-electron chi connectivity index (χ2n) is 6.52. The maximum absolute atomic E-state index is 12.3. The number of nitrogens with zero attached hydrogens (tertiary/aromatic N) is 1. The van der Waals surface area contributed by atoms with Crippen molar-refractivity contribution in [2.45, 2.75) is 20.8 Å². The minimum absolute atomic E-state index is 0.191. The maximum Gasteiger partial charge on any atom is 0.329 e. The number of para-hydroxylation sites is 1. The summed E-state index contributed by atoms with van der Waals surface area (Å²) in [6.07, 6.45) is 1.36. The standard InChI is InChI=1S/C22H26N4O5/c1-5-30-18-11-16(12-24-26-22(29)21(28)23-4)9-10-17(18)31-13-19(27)25-20-14(2)7-6-8-15(20)3/h6-12H,5,13H2,1-4H3,(H,23,28)(H,25,27)(H,26,29)/b24-12-. The molecule has 0 atom stereocenters. The van der Waals surface area contributed by atoms with Crippen molar-refractivity contribution in [2.75, 3.05) is 25.6 Å². The highest BCUT2D eigenvalue weighted by Crippen LogP contribution is 2.28. The highest BCUT2D eigenvalue weighted by Gasteiger charge is 2.12. The van der Waals surface area contributed by atoms with Crippen LogP contribution in [0.4, 0.5) is 5.69 Å². The number of hydrazone groups is 1. The van der Waals surface area contributed by atoms with Crippen LogP contribution >= 0.6 is 0 Å². The van der Waals surface area contributed by atoms with E-state index in [4.69, 9.17) is 9.47 Å². The summed E-state index contributed by atoms with van der Waals surface area (Å²) < 4.78 is 11.2. The fraction of sp³-hybridized carbons (Fsp3) is 0.273. The lowest BCUT2D eigenvalue weighted by Gasteiger charge is -2.14. The predicted octanol–water partition coefficient (Wildman–Crippen LogP) is 1.92. The fourth-order valence-corrected chi connectivity index (χ4v) is 2.65. The van der Waals surface area contributed by atoms with Gasteiger partial charge in [0, 0.05) is 12.7 Å². The van der Waals surface area contributed by atoms with Gasteiger partial charge in [-0.05, 0) is 55.7 Å². The molecule has 2 aromatic carbocycles. The SMILES string of the molecule is CCOc1cc(/C=N\NC(=O)C(=O)NC)ccc1OCC(=O)Nc1c(C)cccc1C. The van der Waals surface area contributed by atoms with Gasteiger partial charge in [-0.2, -0.15) is 5.10 Å². The van der Waals surface area contributed by atoms with E-state index >= 15 is 0 Å². The lowest BCUT2D eigenvalue weighted by atomic mass is 10.1. The molecule has 3 amide bonds. The van der Waals surface area contributed by atoms with Crippen LogP contribution in [-0.2, 0) is 14.4 Å². The molecule has 0 aliphatic carbocycles. The molecule has 2 aromatic rings. The quantitative estimate of drug-likeness (QED) is 0.339. The van der Waals surface area contributed by atoms with Gasteiger partial charge < -0.3 is 20.1 Å². The summed E-state index contributed by atoms with van der Waals surface area (Å²) in [5.41, 5.74) is 5.42. The van der Waals surface area contributed by atoms with Gasteiger partial charge >= 0.3 is 11.8 Å². The molecule has 0 heterocycles. The third kappa shape index (κ3) is 6.84. The molecule has 164 valence electrons. The predicted molar refractivity (Wildman–Crippen MR) is 117 cm³/mol. The monoisotopic (exact) mass is 426 g/mol. The lowest BCUT2D eigenvalue weighted by molar-refractivity contribution is -0.138. The third-order valence-electron chi connectivity index (χ3n) is 4.18. The van der Waals surface area contributed by atoms with Crippen LogP contribution in [0.2, 0.25) is 0 Å². The molecule has 0 unspecified atom stereocenters. The Morgan fingerprint density at radius 3 is 2.35 bits per heavy atom. The average Bonchev–Trinajstić information content (AvgIpc) is 2.75. The van der Waals surface area contributed by atoms with E-state index in [1.165, 1.54) is 13.3 Å². The Morgan fingerprint density at radius 1 is 1.00 bits per heavy atom. The molecule has 0 aliphatic rings. The summed E-state index contributed by atoms with van der Waals surface area (Å²) in [5.74, 6) is -1.15. The summed E-state index contributed by atoms with van der Waals surface area (Å²) in [6.45, 7) is 5.87. The van der Waals surface area contributed by atoms with Gasteiger partial charge in [0.1, 0.15) is 0 Å². The van der Waals surface area contributed by atoms with Crippen molar-refractivity contribution in [3.05, 3.63) is 53.1 Å². The van der Waals surface area contributed by atoms with Crippen LogP contribution in [0.5, 0.6) is 11.5 Å². The first-order valence-electron chi connectivity index (χ1n) is 9.66. The van der Waals surface area contributed by atoms with Crippen molar-refractivity contribution in [3.8, 4) is 11.5 Å². The summed E-state index contributed by atoms with van der Waals surface area (Å²) in [6, 6.07) is 10.7. The second kappa shape index (κ2) is 11.3. The number of benzene rings is 2. The topological polar surface area (TPSA) is 118 Å². The lowest BCUT2D eigenvalue weighted by Crippen LogP contribution is -2.35. The van der Waals surface area contributed by atoms with Crippen LogP contribution in [0, 0.1) is 13.8 Å². The minimum Gasteiger partial charge on any atom is -0.490 e. The van der Waals surface area contributed by atoms with Crippen LogP contribution in [-0.4, -0.2) is 44.2 Å². The van der Waals surface area contributed by atoms with Gasteiger partial charge in [-0.3, -0.25) is 14.4 Å². The average molecular weight is 426 g/mol. The van der Waals surface area contributed by atoms with E-state index in [0.29, 0.717) is 23.7 Å². The Kier molecular flexibility index (Phi) is 8.56. The Morgan fingerprint density at radius 2 is 1.71 bits per heavy atom. The molecule has 2 rings (SSSR count). The number of ether oxygens (including phenoxy) is 2. The molecule has 9 nitrogen and oxygen atoms in total. The Balaban J connectivity index is 2.03. The van der Waals surface area contributed by atoms with Crippen LogP contribution in [0.15, 0.2) is 41.5 Å². The molecule has 3 N–H and O–H groups in total. The third-order valence-corrected chi connectivity index (χ3v) is 4.18. The van der Waals surface area contributed by atoms with Gasteiger partial charge in [0.15, 0.2) is 18.1 Å². The van der Waals surface area contributed by atoms with E-state index < -0.39 is 11.8 Å². The van der Waals surface area contributed by atoms with Crippen molar-refractivity contribution in [2.24, 2.45) is 5.10 Å². The van der Waals surface area contributed by atoms with E-state index in [1.807, 2.05) is 39.0 Å². The Labute approximate surface area is 180 Å². The van der Waals surface area contributed by atoms with Crippen molar-refractivity contribution < 1.29 is 23.9 Å². The number of aryl methyl sites for hydroxylation is 2. The molecule has 0 aromatic heterocycles. The molecule has 0 saturated heterocycles. The van der Waals surface area contributed by atoms with Gasteiger partial charge in [0.05, 0.1) is 12.8 Å². The molecule has 0 saturated carbocycles. The highest BCUT2D eigenvalue weighted by atomic mass is 16.5. The molecule has 0 fully saturated rings. The zero-order valence-corrected chi connectivity index (χ0v) is 17.9. The second-order valence-corrected chi connectivity index (χ2v) is 6.52. The number of hydrogen-bond acceptors (Lipinski definition) is 6. The summed E-state index contributed by atoms with van der Waals surface area (Å²) in [5, 5.41) is 8.80. The molecular formula is C22H26N4O5. The first-order valence-corrected chi connectivity index (χ1v) is 9.66. The number of carbonyl (C=O) groups excluding carboxylic acids is 3. The highest BCUT2D eigenvalue weighted by molar-refractivity contribution is 6.35. The number of carbonyl (C=O) groups is 3. The van der Waals surface area contributed by atoms with Crippen molar-refractivity contribution >= 4 is 29.6 Å². The normalized spacial score (nSPS) is 10.5. The van der Waals surface area contributed by atoms with Crippen molar-refractivity contribution in [3.63, 3.8) is 0 Å². The number of hydrogen-bond donors (Lipinski definition) is 3. The zero-order chi connectivity index (χ0) is 22.8. The van der Waals surface area contributed by atoms with Gasteiger partial charge in [-0.1, -0.05) is 18.2 Å². The Bertz CT molecular complexity index is 968. The number of amides is 3. The van der Waals surface area contributed by atoms with Crippen molar-refractivity contribution in [1.29, 1.82) is 0 Å². The summed E-state index contributed by atoms with van der Waals surface area (Å²) in [4.78, 5) is 34.9. The summed E-state index contributed by atoms with van der Waals surface area (Å²) in [7, 11) is 1.35. The van der Waals surface area contributed by atoms with Crippen LogP contribution in [0.3, 0.4) is 0 Å². The number of nitrogens with one attached hydrogen (secondary N) is 3. The fourth-order valence-electron chi connectivity index (χ4n) is 2.65. The van der Waals surface area contributed by atoms with Gasteiger partial charge in [0.2, 0.25) is 0 Å². The molecule has 0 radical (unpaired) electrons.